The number of hydrogen-bond donors (Lipinski definition) is 0. The van der Waals surface area contributed by atoms with Crippen molar-refractivity contribution in [1.82, 2.24) is 0 Å². The molecule has 0 amide bonds. The zero-order chi connectivity index (χ0) is 8.10. The van der Waals surface area contributed by atoms with Crippen molar-refractivity contribution < 1.29 is 0 Å². The lowest BCUT2D eigenvalue weighted by atomic mass is 10.2. The molecule has 1 nitrogen and oxygen atoms in total. The molecule has 2 heteroatoms. The highest BCUT2D eigenvalue weighted by Crippen LogP contribution is 1.99. The molecule has 0 N–H and O–H groups in total. The third-order valence-electron chi connectivity index (χ3n) is 1.15. The lowest BCUT2D eigenvalue weighted by molar-refractivity contribution is 1.54. The van der Waals surface area contributed by atoms with Crippen molar-refractivity contribution in [3.05, 3.63) is 47.6 Å². The van der Waals surface area contributed by atoms with E-state index in [9.17, 15) is 0 Å². The molecule has 0 aliphatic carbocycles. The third kappa shape index (κ3) is 3.01. The molecule has 1 aromatic carbocycles. The van der Waals surface area contributed by atoms with Crippen LogP contribution in [-0.2, 0) is 0 Å². The summed E-state index contributed by atoms with van der Waals surface area (Å²) < 4.78 is 0. The van der Waals surface area contributed by atoms with Crippen LogP contribution >= 0.6 is 11.6 Å². The van der Waals surface area contributed by atoms with Gasteiger partial charge in [-0.25, -0.2) is 4.99 Å². The van der Waals surface area contributed by atoms with E-state index in [1.165, 1.54) is 0 Å². The lowest BCUT2D eigenvalue weighted by Crippen LogP contribution is -1.77. The maximum absolute atomic E-state index is 5.44. The van der Waals surface area contributed by atoms with Crippen molar-refractivity contribution in [3.8, 4) is 0 Å². The normalized spacial score (nSPS) is 10.3. The first-order chi connectivity index (χ1) is 5.29. The van der Waals surface area contributed by atoms with Gasteiger partial charge in [0.2, 0.25) is 0 Å². The number of nitrogens with zero attached hydrogens (tertiary/aromatic N) is 1. The minimum absolute atomic E-state index is 0.300. The van der Waals surface area contributed by atoms with Gasteiger partial charge in [0.25, 0.3) is 0 Å². The second-order valence-corrected chi connectivity index (χ2v) is 2.48. The Balaban J connectivity index is 2.72. The van der Waals surface area contributed by atoms with Crippen LogP contribution in [0.3, 0.4) is 0 Å². The van der Waals surface area contributed by atoms with Crippen LogP contribution in [0.2, 0.25) is 0 Å². The van der Waals surface area contributed by atoms with E-state index < -0.39 is 0 Å². The molecule has 1 rings (SSSR count). The van der Waals surface area contributed by atoms with Crippen LogP contribution < -0.4 is 0 Å². The molecule has 0 unspecified atom stereocenters. The zero-order valence-electron chi connectivity index (χ0n) is 6.00. The number of hydrogen-bond acceptors (Lipinski definition) is 1. The monoisotopic (exact) mass is 165 g/mol. The quantitative estimate of drug-likeness (QED) is 0.472. The molecule has 56 valence electrons. The molecule has 0 spiro atoms. The minimum Gasteiger partial charge on any atom is -0.245 e. The molecule has 0 heterocycles. The average molecular weight is 166 g/mol. The summed E-state index contributed by atoms with van der Waals surface area (Å²) in [5.74, 6) is 0. The first-order valence-corrected chi connectivity index (χ1v) is 3.60. The zero-order valence-corrected chi connectivity index (χ0v) is 6.75. The molecule has 0 saturated heterocycles. The van der Waals surface area contributed by atoms with Crippen LogP contribution in [-0.4, -0.2) is 6.21 Å². The van der Waals surface area contributed by atoms with Crippen molar-refractivity contribution in [2.45, 2.75) is 0 Å². The summed E-state index contributed by atoms with van der Waals surface area (Å²) in [4.78, 5) is 3.84. The smallest absolute Gasteiger partial charge is 0.121 e. The Morgan fingerprint density at radius 2 is 2.00 bits per heavy atom. The SMILES string of the molecule is C=C(Cl)/N=C/c1ccccc1. The first-order valence-electron chi connectivity index (χ1n) is 3.22. The van der Waals surface area contributed by atoms with Crippen molar-refractivity contribution in [2.75, 3.05) is 0 Å². The molecule has 0 bridgehead atoms. The highest BCUT2D eigenvalue weighted by molar-refractivity contribution is 6.29. The molecule has 0 fully saturated rings. The van der Waals surface area contributed by atoms with Gasteiger partial charge in [-0.2, -0.15) is 0 Å². The van der Waals surface area contributed by atoms with E-state index in [2.05, 4.69) is 11.6 Å². The van der Waals surface area contributed by atoms with Gasteiger partial charge in [-0.1, -0.05) is 48.5 Å². The Morgan fingerprint density at radius 1 is 1.36 bits per heavy atom. The van der Waals surface area contributed by atoms with Gasteiger partial charge < -0.3 is 0 Å². The van der Waals surface area contributed by atoms with Crippen LogP contribution in [0.4, 0.5) is 0 Å². The summed E-state index contributed by atoms with van der Waals surface area (Å²) in [6, 6.07) is 9.73. The maximum atomic E-state index is 5.44. The second kappa shape index (κ2) is 3.94. The van der Waals surface area contributed by atoms with E-state index in [0.29, 0.717) is 5.16 Å². The van der Waals surface area contributed by atoms with Crippen molar-refractivity contribution in [3.63, 3.8) is 0 Å². The third-order valence-corrected chi connectivity index (χ3v) is 1.25. The van der Waals surface area contributed by atoms with Crippen LogP contribution in [0.5, 0.6) is 0 Å². The van der Waals surface area contributed by atoms with E-state index >= 15 is 0 Å². The van der Waals surface area contributed by atoms with Crippen LogP contribution in [0.25, 0.3) is 0 Å². The summed E-state index contributed by atoms with van der Waals surface area (Å²) in [5, 5.41) is 0.300. The van der Waals surface area contributed by atoms with Crippen LogP contribution in [0, 0.1) is 0 Å². The highest BCUT2D eigenvalue weighted by Gasteiger charge is 1.82. The molecule has 0 aliphatic rings. The molecule has 11 heavy (non-hydrogen) atoms. The fourth-order valence-corrected chi connectivity index (χ4v) is 0.732. The Morgan fingerprint density at radius 3 is 2.55 bits per heavy atom. The van der Waals surface area contributed by atoms with Crippen LogP contribution in [0.1, 0.15) is 5.56 Å². The Bertz CT molecular complexity index is 264. The van der Waals surface area contributed by atoms with E-state index in [-0.39, 0.29) is 0 Å². The number of benzene rings is 1. The van der Waals surface area contributed by atoms with E-state index in [1.54, 1.807) is 6.21 Å². The number of aliphatic imine (C=N–C) groups is 1. The average Bonchev–Trinajstić information content (AvgIpc) is 2.03. The Hall–Kier alpha value is -1.08. The van der Waals surface area contributed by atoms with Gasteiger partial charge in [-0.3, -0.25) is 0 Å². The first kappa shape index (κ1) is 8.02. The molecule has 0 aromatic heterocycles. The van der Waals surface area contributed by atoms with Gasteiger partial charge >= 0.3 is 0 Å². The molecule has 0 saturated carbocycles. The van der Waals surface area contributed by atoms with Gasteiger partial charge in [0, 0.05) is 6.21 Å². The lowest BCUT2D eigenvalue weighted by Gasteiger charge is -1.88. The summed E-state index contributed by atoms with van der Waals surface area (Å²) in [6.45, 7) is 3.44. The second-order valence-electron chi connectivity index (χ2n) is 2.05. The van der Waals surface area contributed by atoms with Crippen molar-refractivity contribution in [2.24, 2.45) is 4.99 Å². The summed E-state index contributed by atoms with van der Waals surface area (Å²) >= 11 is 5.44. The molecular formula is C9H8ClN. The predicted octanol–water partition coefficient (Wildman–Crippen LogP) is 2.82. The fourth-order valence-electron chi connectivity index (χ4n) is 0.684. The summed E-state index contributed by atoms with van der Waals surface area (Å²) in [6.07, 6.45) is 1.68. The molecule has 1 aromatic rings. The van der Waals surface area contributed by atoms with Gasteiger partial charge in [-0.05, 0) is 5.56 Å². The van der Waals surface area contributed by atoms with E-state index in [4.69, 9.17) is 11.6 Å². The van der Waals surface area contributed by atoms with Gasteiger partial charge in [0.15, 0.2) is 0 Å². The minimum atomic E-state index is 0.300. The molecule has 0 aliphatic heterocycles. The fraction of sp³-hybridized carbons (Fsp3) is 0. The van der Waals surface area contributed by atoms with Crippen LogP contribution in [0.15, 0.2) is 47.1 Å². The van der Waals surface area contributed by atoms with Crippen molar-refractivity contribution >= 4 is 17.8 Å². The largest absolute Gasteiger partial charge is 0.245 e. The number of halogens is 1. The predicted molar refractivity (Wildman–Crippen MR) is 49.0 cm³/mol. The van der Waals surface area contributed by atoms with E-state index in [1.807, 2.05) is 30.3 Å². The summed E-state index contributed by atoms with van der Waals surface area (Å²) in [7, 11) is 0. The standard InChI is InChI=1S/C9H8ClN/c1-8(10)11-7-9-5-3-2-4-6-9/h2-7H,1H2/b11-7+. The number of rotatable bonds is 2. The Labute approximate surface area is 71.0 Å². The van der Waals surface area contributed by atoms with Gasteiger partial charge in [0.05, 0.1) is 0 Å². The van der Waals surface area contributed by atoms with Gasteiger partial charge in [-0.15, -0.1) is 0 Å². The molecule has 0 atom stereocenters. The summed E-state index contributed by atoms with van der Waals surface area (Å²) in [5.41, 5.74) is 1.02. The van der Waals surface area contributed by atoms with Gasteiger partial charge in [0.1, 0.15) is 5.16 Å². The topological polar surface area (TPSA) is 12.4 Å². The van der Waals surface area contributed by atoms with Crippen molar-refractivity contribution in [1.29, 1.82) is 0 Å². The highest BCUT2D eigenvalue weighted by atomic mass is 35.5. The molecule has 0 radical (unpaired) electrons. The maximum Gasteiger partial charge on any atom is 0.121 e. The van der Waals surface area contributed by atoms with E-state index in [0.717, 1.165) is 5.56 Å². The molecular weight excluding hydrogens is 158 g/mol. The Kier molecular flexibility index (Phi) is 2.87.